The van der Waals surface area contributed by atoms with Gasteiger partial charge in [-0.05, 0) is 49.6 Å². The Morgan fingerprint density at radius 3 is 2.32 bits per heavy atom. The van der Waals surface area contributed by atoms with Crippen LogP contribution >= 0.6 is 0 Å². The number of imide groups is 2. The first-order valence-corrected chi connectivity index (χ1v) is 20.0. The summed E-state index contributed by atoms with van der Waals surface area (Å²) < 4.78 is 30.4. The van der Waals surface area contributed by atoms with Crippen molar-refractivity contribution in [2.24, 2.45) is 12.5 Å². The van der Waals surface area contributed by atoms with Gasteiger partial charge in [-0.3, -0.25) is 48.9 Å². The number of piperidine rings is 1. The lowest BCUT2D eigenvalue weighted by atomic mass is 9.94. The number of hydrogen-bond acceptors (Lipinski definition) is 13. The maximum atomic E-state index is 13.4. The number of benzene rings is 2. The summed E-state index contributed by atoms with van der Waals surface area (Å²) in [5.74, 6) is -2.51. The number of H-pyrrole nitrogens is 1. The van der Waals surface area contributed by atoms with Gasteiger partial charge in [0, 0.05) is 42.6 Å². The van der Waals surface area contributed by atoms with E-state index in [1.807, 2.05) is 39.8 Å². The van der Waals surface area contributed by atoms with Crippen LogP contribution in [0.25, 0.3) is 22.0 Å². The second kappa shape index (κ2) is 18.6. The molecule has 4 heterocycles. The fourth-order valence-electron chi connectivity index (χ4n) is 7.25. The molecule has 1 saturated heterocycles. The monoisotopic (exact) mass is 857 g/mol. The quantitative estimate of drug-likeness (QED) is 0.0993. The molecule has 0 radical (unpaired) electrons. The predicted octanol–water partition coefficient (Wildman–Crippen LogP) is 2.39. The van der Waals surface area contributed by atoms with Crippen molar-refractivity contribution in [2.45, 2.75) is 65.1 Å². The largest absolute Gasteiger partial charge is 0.496 e. The van der Waals surface area contributed by atoms with Gasteiger partial charge in [-0.1, -0.05) is 26.8 Å². The van der Waals surface area contributed by atoms with Crippen LogP contribution in [0.4, 0.5) is 0 Å². The average molecular weight is 858 g/mol. The third-order valence-electron chi connectivity index (χ3n) is 10.9. The number of ether oxygens (including phenoxy) is 5. The molecule has 62 heavy (non-hydrogen) atoms. The van der Waals surface area contributed by atoms with Crippen molar-refractivity contribution in [3.8, 4) is 28.4 Å². The number of pyridine rings is 1. The summed E-state index contributed by atoms with van der Waals surface area (Å²) in [6.45, 7) is 7.52. The number of hydrogen-bond donors (Lipinski definition) is 4. The zero-order valence-corrected chi connectivity index (χ0v) is 35.7. The Labute approximate surface area is 356 Å². The number of methoxy groups -OCH3 is 2. The smallest absolute Gasteiger partial charge is 0.276 e. The molecule has 0 bridgehead atoms. The van der Waals surface area contributed by atoms with E-state index in [0.717, 1.165) is 16.0 Å². The number of nitrogens with one attached hydrogen (secondary N) is 4. The third-order valence-corrected chi connectivity index (χ3v) is 10.9. The van der Waals surface area contributed by atoms with Crippen LogP contribution in [0.2, 0.25) is 0 Å². The van der Waals surface area contributed by atoms with Crippen LogP contribution in [0.1, 0.15) is 73.2 Å². The third kappa shape index (κ3) is 9.63. The number of rotatable bonds is 19. The standard InChI is InChI=1S/C43H51N7O12/c1-8-43(4,47-35(53)20-62-30-11-9-10-25-36(30)40(56)50(39(25)55)29-12-13-33(51)46-38(29)54)23-61-22-42(2,3)21-44-34(52)19-60-18-28-31(58-6)14-24(15-32(28)59-7)27-17-49(5)41(57)37-26(27)16-45-48-37/h9-11,14-17,29H,8,12-13,18-23H2,1-7H3,(H,44,52)(H,45,48)(H,47,53)(H,46,51,54). The van der Waals surface area contributed by atoms with Crippen molar-refractivity contribution in [3.05, 3.63) is 69.8 Å². The minimum atomic E-state index is -1.13. The van der Waals surface area contributed by atoms with Crippen LogP contribution in [0.3, 0.4) is 0 Å². The van der Waals surface area contributed by atoms with Crippen LogP contribution in [0, 0.1) is 5.41 Å². The van der Waals surface area contributed by atoms with Crippen molar-refractivity contribution in [3.63, 3.8) is 0 Å². The van der Waals surface area contributed by atoms with Gasteiger partial charge in [0.15, 0.2) is 6.61 Å². The van der Waals surface area contributed by atoms with E-state index in [9.17, 15) is 33.6 Å². The average Bonchev–Trinajstić information content (AvgIpc) is 3.83. The maximum Gasteiger partial charge on any atom is 0.276 e. The maximum absolute atomic E-state index is 13.4. The Morgan fingerprint density at radius 1 is 0.919 bits per heavy atom. The Morgan fingerprint density at radius 2 is 1.65 bits per heavy atom. The lowest BCUT2D eigenvalue weighted by Gasteiger charge is -2.32. The molecule has 0 spiro atoms. The van der Waals surface area contributed by atoms with Crippen molar-refractivity contribution in [1.29, 1.82) is 0 Å². The highest BCUT2D eigenvalue weighted by Crippen LogP contribution is 2.38. The molecule has 330 valence electrons. The molecule has 19 nitrogen and oxygen atoms in total. The summed E-state index contributed by atoms with van der Waals surface area (Å²) >= 11 is 0. The SMILES string of the molecule is CCC(C)(COCC(C)(C)CNC(=O)COCc1c(OC)cc(-c2cn(C)c(=O)c3[nH]ncc23)cc1OC)NC(=O)COc1cccc2c1C(=O)N(C1CCC(=O)NC1=O)C2=O. The summed E-state index contributed by atoms with van der Waals surface area (Å²) in [5.41, 5.74) is 0.928. The highest BCUT2D eigenvalue weighted by atomic mass is 16.5. The summed E-state index contributed by atoms with van der Waals surface area (Å²) in [5, 5.41) is 15.4. The molecule has 6 rings (SSSR count). The summed E-state index contributed by atoms with van der Waals surface area (Å²) in [6, 6.07) is 6.90. The van der Waals surface area contributed by atoms with E-state index in [4.69, 9.17) is 23.7 Å². The number of fused-ring (bicyclic) bond motifs is 2. The molecule has 6 amide bonds. The van der Waals surface area contributed by atoms with Gasteiger partial charge in [-0.2, -0.15) is 5.10 Å². The van der Waals surface area contributed by atoms with Gasteiger partial charge >= 0.3 is 0 Å². The van der Waals surface area contributed by atoms with Gasteiger partial charge in [-0.15, -0.1) is 0 Å². The van der Waals surface area contributed by atoms with Crippen LogP contribution in [0.15, 0.2) is 47.5 Å². The van der Waals surface area contributed by atoms with Gasteiger partial charge < -0.3 is 38.9 Å². The topological polar surface area (TPSA) is 239 Å². The molecule has 19 heteroatoms. The van der Waals surface area contributed by atoms with Crippen LogP contribution < -0.4 is 35.7 Å². The first-order chi connectivity index (χ1) is 29.5. The second-order valence-corrected chi connectivity index (χ2v) is 16.3. The highest BCUT2D eigenvalue weighted by Gasteiger charge is 2.46. The van der Waals surface area contributed by atoms with E-state index in [1.54, 1.807) is 19.4 Å². The van der Waals surface area contributed by atoms with Crippen molar-refractivity contribution in [2.75, 3.05) is 47.2 Å². The molecule has 4 N–H and O–H groups in total. The van der Waals surface area contributed by atoms with E-state index < -0.39 is 53.1 Å². The lowest BCUT2D eigenvalue weighted by Crippen LogP contribution is -2.54. The molecule has 2 aliphatic rings. The number of carbonyl (C=O) groups excluding carboxylic acids is 6. The minimum Gasteiger partial charge on any atom is -0.496 e. The molecule has 2 unspecified atom stereocenters. The van der Waals surface area contributed by atoms with Crippen molar-refractivity contribution >= 4 is 46.3 Å². The molecule has 1 fully saturated rings. The number of aromatic amines is 1. The Bertz CT molecular complexity index is 2450. The van der Waals surface area contributed by atoms with Crippen LogP contribution in [0.5, 0.6) is 17.2 Å². The minimum absolute atomic E-state index is 0.0109. The number of carbonyl (C=O) groups is 6. The molecule has 4 aromatic rings. The summed E-state index contributed by atoms with van der Waals surface area (Å²) in [7, 11) is 4.70. The molecular weight excluding hydrogens is 807 g/mol. The van der Waals surface area contributed by atoms with Gasteiger partial charge in [0.25, 0.3) is 23.3 Å². The van der Waals surface area contributed by atoms with E-state index >= 15 is 0 Å². The first-order valence-electron chi connectivity index (χ1n) is 20.0. The van der Waals surface area contributed by atoms with E-state index in [0.29, 0.717) is 34.4 Å². The zero-order valence-electron chi connectivity index (χ0n) is 35.7. The summed E-state index contributed by atoms with van der Waals surface area (Å²) in [4.78, 5) is 90.0. The molecule has 2 aromatic heterocycles. The summed E-state index contributed by atoms with van der Waals surface area (Å²) in [6.07, 6.45) is 3.81. The number of aromatic nitrogens is 3. The molecule has 2 aliphatic heterocycles. The van der Waals surface area contributed by atoms with Crippen molar-refractivity contribution < 1.29 is 52.5 Å². The van der Waals surface area contributed by atoms with Gasteiger partial charge in [0.05, 0.1) is 62.5 Å². The normalized spacial score (nSPS) is 16.2. The van der Waals surface area contributed by atoms with Crippen LogP contribution in [-0.2, 0) is 42.3 Å². The van der Waals surface area contributed by atoms with Crippen LogP contribution in [-0.4, -0.2) is 114 Å². The van der Waals surface area contributed by atoms with Crippen molar-refractivity contribution in [1.82, 2.24) is 35.6 Å². The second-order valence-electron chi connectivity index (χ2n) is 16.3. The fraction of sp³-hybridized carbons (Fsp3) is 0.442. The first kappa shape index (κ1) is 44.9. The lowest BCUT2D eigenvalue weighted by molar-refractivity contribution is -0.136. The predicted molar refractivity (Wildman–Crippen MR) is 223 cm³/mol. The number of aryl methyl sites for hydroxylation is 1. The number of nitrogens with zero attached hydrogens (tertiary/aromatic N) is 3. The molecule has 0 aliphatic carbocycles. The molecule has 2 aromatic carbocycles. The Balaban J connectivity index is 0.959. The molecule has 0 saturated carbocycles. The van der Waals surface area contributed by atoms with Gasteiger partial charge in [0.2, 0.25) is 17.7 Å². The number of amides is 6. The van der Waals surface area contributed by atoms with Gasteiger partial charge in [0.1, 0.15) is 35.4 Å². The highest BCUT2D eigenvalue weighted by molar-refractivity contribution is 6.24. The molecular formula is C43H51N7O12. The van der Waals surface area contributed by atoms with Gasteiger partial charge in [-0.25, -0.2) is 0 Å². The zero-order chi connectivity index (χ0) is 44.9. The van der Waals surface area contributed by atoms with E-state index in [1.165, 1.54) is 37.0 Å². The molecule has 2 atom stereocenters. The fourth-order valence-corrected chi connectivity index (χ4v) is 7.25. The Hall–Kier alpha value is -6.60. The van der Waals surface area contributed by atoms with E-state index in [2.05, 4.69) is 26.1 Å². The van der Waals surface area contributed by atoms with E-state index in [-0.39, 0.29) is 74.2 Å². The Kier molecular flexibility index (Phi) is 13.5.